The highest BCUT2D eigenvalue weighted by Gasteiger charge is 2.23. The summed E-state index contributed by atoms with van der Waals surface area (Å²) in [4.78, 5) is 17.7. The van der Waals surface area contributed by atoms with Crippen molar-refractivity contribution in [3.8, 4) is 0 Å². The molecule has 1 aromatic heterocycles. The molecule has 2 heterocycles. The molecule has 5 heteroatoms. The predicted molar refractivity (Wildman–Crippen MR) is 71.0 cm³/mol. The minimum atomic E-state index is -0.188. The van der Waals surface area contributed by atoms with Gasteiger partial charge in [0.25, 0.3) is 0 Å². The lowest BCUT2D eigenvalue weighted by molar-refractivity contribution is -0.122. The number of primary amides is 1. The molecular weight excluding hydrogens is 228 g/mol. The molecule has 0 saturated carbocycles. The summed E-state index contributed by atoms with van der Waals surface area (Å²) in [6.45, 7) is 3.60. The molecule has 5 nitrogen and oxygen atoms in total. The molecule has 2 rings (SSSR count). The minimum absolute atomic E-state index is 0.00917. The summed E-state index contributed by atoms with van der Waals surface area (Å²) in [5.74, 6) is 0.762. The van der Waals surface area contributed by atoms with Gasteiger partial charge in [0.1, 0.15) is 5.82 Å². The van der Waals surface area contributed by atoms with Crippen LogP contribution in [0, 0.1) is 5.92 Å². The van der Waals surface area contributed by atoms with Gasteiger partial charge in [-0.15, -0.1) is 0 Å². The van der Waals surface area contributed by atoms with Crippen LogP contribution in [-0.2, 0) is 4.79 Å². The van der Waals surface area contributed by atoms with Crippen molar-refractivity contribution >= 4 is 11.7 Å². The van der Waals surface area contributed by atoms with Crippen molar-refractivity contribution in [3.63, 3.8) is 0 Å². The second kappa shape index (κ2) is 5.35. The summed E-state index contributed by atoms with van der Waals surface area (Å²) in [5.41, 5.74) is 12.3. The molecule has 0 spiro atoms. The topological polar surface area (TPSA) is 85.2 Å². The van der Waals surface area contributed by atoms with Crippen LogP contribution in [0.1, 0.15) is 31.4 Å². The average molecular weight is 248 g/mol. The van der Waals surface area contributed by atoms with E-state index >= 15 is 0 Å². The van der Waals surface area contributed by atoms with E-state index in [1.165, 1.54) is 0 Å². The van der Waals surface area contributed by atoms with Crippen molar-refractivity contribution in [1.82, 2.24) is 4.98 Å². The van der Waals surface area contributed by atoms with Crippen LogP contribution in [-0.4, -0.2) is 24.0 Å². The van der Waals surface area contributed by atoms with Gasteiger partial charge in [0, 0.05) is 31.2 Å². The van der Waals surface area contributed by atoms with Crippen molar-refractivity contribution in [3.05, 3.63) is 23.9 Å². The number of nitrogens with two attached hydrogens (primary N) is 2. The van der Waals surface area contributed by atoms with E-state index in [0.717, 1.165) is 37.3 Å². The first-order valence-electron chi connectivity index (χ1n) is 6.33. The van der Waals surface area contributed by atoms with Gasteiger partial charge in [-0.1, -0.05) is 0 Å². The Morgan fingerprint density at radius 2 is 2.17 bits per heavy atom. The molecule has 0 bridgehead atoms. The molecule has 1 saturated heterocycles. The number of rotatable bonds is 3. The maximum absolute atomic E-state index is 11.1. The molecule has 18 heavy (non-hydrogen) atoms. The van der Waals surface area contributed by atoms with Crippen molar-refractivity contribution in [2.45, 2.75) is 25.8 Å². The Bertz CT molecular complexity index is 425. The lowest BCUT2D eigenvalue weighted by Crippen LogP contribution is -2.39. The molecule has 1 fully saturated rings. The monoisotopic (exact) mass is 248 g/mol. The highest BCUT2D eigenvalue weighted by molar-refractivity contribution is 5.76. The number of hydrogen-bond acceptors (Lipinski definition) is 4. The number of pyridine rings is 1. The van der Waals surface area contributed by atoms with E-state index in [1.807, 2.05) is 19.1 Å². The smallest absolute Gasteiger partial charge is 0.220 e. The lowest BCUT2D eigenvalue weighted by atomic mass is 9.96. The van der Waals surface area contributed by atoms with Crippen LogP contribution in [0.2, 0.25) is 0 Å². The first-order valence-corrected chi connectivity index (χ1v) is 6.33. The van der Waals surface area contributed by atoms with Gasteiger partial charge < -0.3 is 16.4 Å². The second-order valence-corrected chi connectivity index (χ2v) is 4.90. The normalized spacial score (nSPS) is 18.7. The molecular formula is C13H20N4O. The summed E-state index contributed by atoms with van der Waals surface area (Å²) in [5, 5.41) is 0. The Kier molecular flexibility index (Phi) is 3.81. The summed E-state index contributed by atoms with van der Waals surface area (Å²) in [7, 11) is 0. The zero-order valence-electron chi connectivity index (χ0n) is 10.7. The molecule has 1 amide bonds. The van der Waals surface area contributed by atoms with Crippen LogP contribution in [0.15, 0.2) is 18.3 Å². The Morgan fingerprint density at radius 1 is 1.50 bits per heavy atom. The Labute approximate surface area is 107 Å². The van der Waals surface area contributed by atoms with Crippen LogP contribution >= 0.6 is 0 Å². The second-order valence-electron chi connectivity index (χ2n) is 4.90. The number of carbonyl (C=O) groups is 1. The number of hydrogen-bond donors (Lipinski definition) is 2. The Morgan fingerprint density at radius 3 is 2.72 bits per heavy atom. The van der Waals surface area contributed by atoms with Gasteiger partial charge in [-0.2, -0.15) is 0 Å². The molecule has 98 valence electrons. The third-order valence-corrected chi connectivity index (χ3v) is 3.52. The lowest BCUT2D eigenvalue weighted by Gasteiger charge is -2.31. The van der Waals surface area contributed by atoms with Crippen LogP contribution in [0.3, 0.4) is 0 Å². The summed E-state index contributed by atoms with van der Waals surface area (Å²) < 4.78 is 0. The van der Waals surface area contributed by atoms with Crippen molar-refractivity contribution in [1.29, 1.82) is 0 Å². The largest absolute Gasteiger partial charge is 0.369 e. The van der Waals surface area contributed by atoms with Crippen LogP contribution in [0.5, 0.6) is 0 Å². The SMILES string of the molecule is C[C@@H](N)c1ccnc(N2CCC(C(N)=O)CC2)c1. The highest BCUT2D eigenvalue weighted by atomic mass is 16.1. The minimum Gasteiger partial charge on any atom is -0.369 e. The van der Waals surface area contributed by atoms with E-state index in [4.69, 9.17) is 11.5 Å². The average Bonchev–Trinajstić information content (AvgIpc) is 2.39. The molecule has 0 aromatic carbocycles. The molecule has 4 N–H and O–H groups in total. The van der Waals surface area contributed by atoms with Crippen LogP contribution in [0.4, 0.5) is 5.82 Å². The third-order valence-electron chi connectivity index (χ3n) is 3.52. The van der Waals surface area contributed by atoms with E-state index in [2.05, 4.69) is 9.88 Å². The number of aromatic nitrogens is 1. The number of amides is 1. The number of anilines is 1. The summed E-state index contributed by atoms with van der Waals surface area (Å²) in [6.07, 6.45) is 3.40. The molecule has 0 aliphatic carbocycles. The van der Waals surface area contributed by atoms with E-state index in [1.54, 1.807) is 6.20 Å². The van der Waals surface area contributed by atoms with Gasteiger partial charge in [-0.3, -0.25) is 4.79 Å². The van der Waals surface area contributed by atoms with Crippen molar-refractivity contribution in [2.24, 2.45) is 17.4 Å². The van der Waals surface area contributed by atoms with E-state index in [0.29, 0.717) is 0 Å². The van der Waals surface area contributed by atoms with E-state index in [9.17, 15) is 4.79 Å². The standard InChI is InChI=1S/C13H20N4O/c1-9(14)11-2-5-16-12(8-11)17-6-3-10(4-7-17)13(15)18/h2,5,8-10H,3-4,6-7,14H2,1H3,(H2,15,18)/t9-/m1/s1. The fourth-order valence-corrected chi connectivity index (χ4v) is 2.28. The van der Waals surface area contributed by atoms with Crippen LogP contribution in [0.25, 0.3) is 0 Å². The number of nitrogens with zero attached hydrogens (tertiary/aromatic N) is 2. The quantitative estimate of drug-likeness (QED) is 0.828. The zero-order valence-corrected chi connectivity index (χ0v) is 10.7. The first-order chi connectivity index (χ1) is 8.58. The maximum Gasteiger partial charge on any atom is 0.220 e. The van der Waals surface area contributed by atoms with Crippen LogP contribution < -0.4 is 16.4 Å². The Hall–Kier alpha value is -1.62. The van der Waals surface area contributed by atoms with Gasteiger partial charge in [0.15, 0.2) is 0 Å². The highest BCUT2D eigenvalue weighted by Crippen LogP contribution is 2.23. The predicted octanol–water partition coefficient (Wildman–Crippen LogP) is 0.803. The van der Waals surface area contributed by atoms with Gasteiger partial charge in [-0.05, 0) is 37.5 Å². The van der Waals surface area contributed by atoms with Crippen molar-refractivity contribution < 1.29 is 4.79 Å². The molecule has 1 aliphatic heterocycles. The van der Waals surface area contributed by atoms with E-state index in [-0.39, 0.29) is 17.9 Å². The van der Waals surface area contributed by atoms with Gasteiger partial charge >= 0.3 is 0 Å². The summed E-state index contributed by atoms with van der Waals surface area (Å²) >= 11 is 0. The fraction of sp³-hybridized carbons (Fsp3) is 0.538. The fourth-order valence-electron chi connectivity index (χ4n) is 2.28. The first kappa shape index (κ1) is 12.8. The number of carbonyl (C=O) groups excluding carboxylic acids is 1. The van der Waals surface area contributed by atoms with Gasteiger partial charge in [0.05, 0.1) is 0 Å². The van der Waals surface area contributed by atoms with E-state index < -0.39 is 0 Å². The molecule has 1 aromatic rings. The molecule has 1 atom stereocenters. The Balaban J connectivity index is 2.05. The van der Waals surface area contributed by atoms with Gasteiger partial charge in [0.2, 0.25) is 5.91 Å². The van der Waals surface area contributed by atoms with Gasteiger partial charge in [-0.25, -0.2) is 4.98 Å². The molecule has 0 unspecified atom stereocenters. The molecule has 0 radical (unpaired) electrons. The number of piperidine rings is 1. The third kappa shape index (κ3) is 2.79. The van der Waals surface area contributed by atoms with Crippen molar-refractivity contribution in [2.75, 3.05) is 18.0 Å². The maximum atomic E-state index is 11.1. The molecule has 1 aliphatic rings. The summed E-state index contributed by atoms with van der Waals surface area (Å²) in [6, 6.07) is 3.97. The zero-order chi connectivity index (χ0) is 13.1.